The minimum atomic E-state index is -0.374. The predicted molar refractivity (Wildman–Crippen MR) is 63.4 cm³/mol. The SMILES string of the molecule is CC1(C)COCCN1c1cc(F)cc(C#N)c1. The van der Waals surface area contributed by atoms with E-state index in [0.29, 0.717) is 25.3 Å². The lowest BCUT2D eigenvalue weighted by Gasteiger charge is -2.43. The number of rotatable bonds is 1. The molecule has 0 unspecified atom stereocenters. The molecule has 1 aliphatic heterocycles. The lowest BCUT2D eigenvalue weighted by Crippen LogP contribution is -2.53. The van der Waals surface area contributed by atoms with E-state index in [1.807, 2.05) is 19.9 Å². The third kappa shape index (κ3) is 2.40. The van der Waals surface area contributed by atoms with Crippen molar-refractivity contribution in [2.24, 2.45) is 0 Å². The highest BCUT2D eigenvalue weighted by Crippen LogP contribution is 2.28. The van der Waals surface area contributed by atoms with Gasteiger partial charge in [-0.05, 0) is 32.0 Å². The van der Waals surface area contributed by atoms with Gasteiger partial charge in [0.05, 0.1) is 30.4 Å². The summed E-state index contributed by atoms with van der Waals surface area (Å²) < 4.78 is 18.8. The van der Waals surface area contributed by atoms with Gasteiger partial charge in [-0.15, -0.1) is 0 Å². The average molecular weight is 234 g/mol. The Labute approximate surface area is 100 Å². The standard InChI is InChI=1S/C13H15FN2O/c1-13(2)9-17-4-3-16(13)12-6-10(8-15)5-11(14)7-12/h5-7H,3-4,9H2,1-2H3. The van der Waals surface area contributed by atoms with Crippen molar-refractivity contribution in [1.82, 2.24) is 0 Å². The fourth-order valence-electron chi connectivity index (χ4n) is 2.13. The molecule has 1 aliphatic rings. The number of morpholine rings is 1. The van der Waals surface area contributed by atoms with Crippen molar-refractivity contribution in [2.75, 3.05) is 24.7 Å². The number of hydrogen-bond donors (Lipinski definition) is 0. The Morgan fingerprint density at radius 2 is 2.18 bits per heavy atom. The molecule has 4 heteroatoms. The summed E-state index contributed by atoms with van der Waals surface area (Å²) in [4.78, 5) is 2.08. The van der Waals surface area contributed by atoms with Gasteiger partial charge in [0.25, 0.3) is 0 Å². The van der Waals surface area contributed by atoms with E-state index in [4.69, 9.17) is 10.00 Å². The van der Waals surface area contributed by atoms with Crippen molar-refractivity contribution in [2.45, 2.75) is 19.4 Å². The number of nitriles is 1. The maximum absolute atomic E-state index is 13.4. The Morgan fingerprint density at radius 3 is 2.82 bits per heavy atom. The lowest BCUT2D eigenvalue weighted by molar-refractivity contribution is 0.0644. The van der Waals surface area contributed by atoms with Crippen LogP contribution in [-0.4, -0.2) is 25.3 Å². The van der Waals surface area contributed by atoms with Gasteiger partial charge in [-0.25, -0.2) is 4.39 Å². The minimum Gasteiger partial charge on any atom is -0.377 e. The molecular formula is C13H15FN2O. The molecular weight excluding hydrogens is 219 g/mol. The van der Waals surface area contributed by atoms with Crippen molar-refractivity contribution < 1.29 is 9.13 Å². The normalized spacial score (nSPS) is 18.8. The fraction of sp³-hybridized carbons (Fsp3) is 0.462. The van der Waals surface area contributed by atoms with E-state index in [1.54, 1.807) is 6.07 Å². The summed E-state index contributed by atoms with van der Waals surface area (Å²) in [5, 5.41) is 8.86. The van der Waals surface area contributed by atoms with Crippen molar-refractivity contribution in [3.05, 3.63) is 29.6 Å². The van der Waals surface area contributed by atoms with Crippen LogP contribution >= 0.6 is 0 Å². The zero-order valence-corrected chi connectivity index (χ0v) is 10.0. The number of halogens is 1. The number of anilines is 1. The van der Waals surface area contributed by atoms with E-state index in [-0.39, 0.29) is 11.4 Å². The molecule has 0 amide bonds. The maximum Gasteiger partial charge on any atom is 0.126 e. The molecule has 0 radical (unpaired) electrons. The molecule has 3 nitrogen and oxygen atoms in total. The van der Waals surface area contributed by atoms with Gasteiger partial charge in [0.15, 0.2) is 0 Å². The van der Waals surface area contributed by atoms with Crippen molar-refractivity contribution in [1.29, 1.82) is 5.26 Å². The van der Waals surface area contributed by atoms with E-state index in [2.05, 4.69) is 4.90 Å². The van der Waals surface area contributed by atoms with E-state index in [9.17, 15) is 4.39 Å². The molecule has 1 aromatic rings. The maximum atomic E-state index is 13.4. The van der Waals surface area contributed by atoms with Gasteiger partial charge in [-0.2, -0.15) is 5.26 Å². The van der Waals surface area contributed by atoms with Crippen LogP contribution in [0.3, 0.4) is 0 Å². The number of benzene rings is 1. The first kappa shape index (κ1) is 11.9. The molecule has 2 rings (SSSR count). The smallest absolute Gasteiger partial charge is 0.126 e. The van der Waals surface area contributed by atoms with Crippen molar-refractivity contribution >= 4 is 5.69 Å². The van der Waals surface area contributed by atoms with Crippen LogP contribution in [0.25, 0.3) is 0 Å². The largest absolute Gasteiger partial charge is 0.377 e. The predicted octanol–water partition coefficient (Wildman–Crippen LogP) is 2.31. The summed E-state index contributed by atoms with van der Waals surface area (Å²) in [5.41, 5.74) is 0.913. The van der Waals surface area contributed by atoms with Gasteiger partial charge in [-0.1, -0.05) is 0 Å². The summed E-state index contributed by atoms with van der Waals surface area (Å²) in [6.45, 7) is 6.03. The molecule has 0 aliphatic carbocycles. The van der Waals surface area contributed by atoms with Crippen LogP contribution in [0.2, 0.25) is 0 Å². The summed E-state index contributed by atoms with van der Waals surface area (Å²) in [5.74, 6) is -0.374. The molecule has 0 bridgehead atoms. The Kier molecular flexibility index (Phi) is 3.03. The van der Waals surface area contributed by atoms with Crippen LogP contribution in [0.15, 0.2) is 18.2 Å². The van der Waals surface area contributed by atoms with E-state index >= 15 is 0 Å². The first-order valence-corrected chi connectivity index (χ1v) is 5.59. The second-order valence-electron chi connectivity index (χ2n) is 4.83. The monoisotopic (exact) mass is 234 g/mol. The summed E-state index contributed by atoms with van der Waals surface area (Å²) >= 11 is 0. The highest BCUT2D eigenvalue weighted by molar-refractivity contribution is 5.54. The molecule has 17 heavy (non-hydrogen) atoms. The summed E-state index contributed by atoms with van der Waals surface area (Å²) in [6.07, 6.45) is 0. The van der Waals surface area contributed by atoms with Crippen LogP contribution in [0.1, 0.15) is 19.4 Å². The van der Waals surface area contributed by atoms with Gasteiger partial charge < -0.3 is 9.64 Å². The Hall–Kier alpha value is -1.60. The molecule has 0 saturated carbocycles. The summed E-state index contributed by atoms with van der Waals surface area (Å²) in [7, 11) is 0. The average Bonchev–Trinajstić information content (AvgIpc) is 2.27. The first-order valence-electron chi connectivity index (χ1n) is 5.59. The fourth-order valence-corrected chi connectivity index (χ4v) is 2.13. The van der Waals surface area contributed by atoms with Crippen LogP contribution in [0.4, 0.5) is 10.1 Å². The number of nitrogens with zero attached hydrogens (tertiary/aromatic N) is 2. The van der Waals surface area contributed by atoms with E-state index in [1.165, 1.54) is 12.1 Å². The van der Waals surface area contributed by atoms with Crippen LogP contribution < -0.4 is 4.90 Å². The second-order valence-corrected chi connectivity index (χ2v) is 4.83. The first-order chi connectivity index (χ1) is 8.03. The minimum absolute atomic E-state index is 0.182. The quantitative estimate of drug-likeness (QED) is 0.748. The zero-order valence-electron chi connectivity index (χ0n) is 10.0. The van der Waals surface area contributed by atoms with Crippen molar-refractivity contribution in [3.8, 4) is 6.07 Å². The third-order valence-electron chi connectivity index (χ3n) is 2.97. The lowest BCUT2D eigenvalue weighted by atomic mass is 10.0. The molecule has 1 saturated heterocycles. The molecule has 0 spiro atoms. The van der Waals surface area contributed by atoms with Gasteiger partial charge in [0, 0.05) is 12.2 Å². The van der Waals surface area contributed by atoms with Gasteiger partial charge in [0.1, 0.15) is 5.82 Å². The molecule has 1 aromatic carbocycles. The van der Waals surface area contributed by atoms with Crippen LogP contribution in [0, 0.1) is 17.1 Å². The van der Waals surface area contributed by atoms with Crippen LogP contribution in [-0.2, 0) is 4.74 Å². The molecule has 0 aromatic heterocycles. The van der Waals surface area contributed by atoms with E-state index in [0.717, 1.165) is 5.69 Å². The highest BCUT2D eigenvalue weighted by Gasteiger charge is 2.31. The topological polar surface area (TPSA) is 36.3 Å². The van der Waals surface area contributed by atoms with Crippen LogP contribution in [0.5, 0.6) is 0 Å². The zero-order chi connectivity index (χ0) is 12.5. The van der Waals surface area contributed by atoms with E-state index < -0.39 is 0 Å². The summed E-state index contributed by atoms with van der Waals surface area (Å²) in [6, 6.07) is 6.41. The van der Waals surface area contributed by atoms with Gasteiger partial charge >= 0.3 is 0 Å². The Balaban J connectivity index is 2.39. The third-order valence-corrected chi connectivity index (χ3v) is 2.97. The molecule has 0 atom stereocenters. The van der Waals surface area contributed by atoms with Crippen molar-refractivity contribution in [3.63, 3.8) is 0 Å². The molecule has 90 valence electrons. The van der Waals surface area contributed by atoms with Gasteiger partial charge in [0.2, 0.25) is 0 Å². The Bertz CT molecular complexity index is 465. The molecule has 0 N–H and O–H groups in total. The number of ether oxygens (including phenoxy) is 1. The number of hydrogen-bond acceptors (Lipinski definition) is 3. The molecule has 1 fully saturated rings. The highest BCUT2D eigenvalue weighted by atomic mass is 19.1. The molecule has 1 heterocycles. The Morgan fingerprint density at radius 1 is 1.41 bits per heavy atom. The second kappa shape index (κ2) is 4.34. The van der Waals surface area contributed by atoms with Gasteiger partial charge in [-0.3, -0.25) is 0 Å².